The fourth-order valence-corrected chi connectivity index (χ4v) is 2.59. The highest BCUT2D eigenvalue weighted by Crippen LogP contribution is 2.60. The van der Waals surface area contributed by atoms with Crippen LogP contribution in [0.2, 0.25) is 0 Å². The smallest absolute Gasteiger partial charge is 0.120 e. The number of H-pyrrole nitrogens is 1. The Bertz CT molecular complexity index is 585. The molecule has 0 aliphatic heterocycles. The average molecular weight is 230 g/mol. The second-order valence-corrected chi connectivity index (χ2v) is 5.67. The van der Waals surface area contributed by atoms with Gasteiger partial charge in [0.15, 0.2) is 0 Å². The number of hydrogen-bond acceptors (Lipinski definition) is 2. The monoisotopic (exact) mass is 230 g/mol. The molecule has 3 N–H and O–H groups in total. The lowest BCUT2D eigenvalue weighted by Crippen LogP contribution is -2.25. The minimum absolute atomic E-state index is 0.192. The molecule has 0 bridgehead atoms. The van der Waals surface area contributed by atoms with Gasteiger partial charge in [-0.15, -0.1) is 0 Å². The zero-order chi connectivity index (χ0) is 12.3. The van der Waals surface area contributed by atoms with E-state index in [1.54, 1.807) is 7.11 Å². The maximum atomic E-state index is 6.42. The number of nitrogens with two attached hydrogens (primary N) is 1. The predicted octanol–water partition coefficient (Wildman–Crippen LogP) is 2.76. The summed E-state index contributed by atoms with van der Waals surface area (Å²) in [5.74, 6) is 0.868. The highest BCUT2D eigenvalue weighted by atomic mass is 16.5. The molecule has 17 heavy (non-hydrogen) atoms. The molecule has 2 aromatic rings. The second-order valence-electron chi connectivity index (χ2n) is 5.67. The van der Waals surface area contributed by atoms with E-state index in [1.165, 1.54) is 5.39 Å². The third-order valence-electron chi connectivity index (χ3n) is 4.11. The second kappa shape index (κ2) is 3.05. The van der Waals surface area contributed by atoms with E-state index in [0.29, 0.717) is 0 Å². The molecule has 1 saturated carbocycles. The summed E-state index contributed by atoms with van der Waals surface area (Å²) in [7, 11) is 1.68. The molecule has 1 aliphatic carbocycles. The third kappa shape index (κ3) is 1.39. The summed E-state index contributed by atoms with van der Waals surface area (Å²) in [5, 5.41) is 1.19. The van der Waals surface area contributed by atoms with E-state index in [-0.39, 0.29) is 11.0 Å². The number of aromatic amines is 1. The zero-order valence-corrected chi connectivity index (χ0v) is 10.5. The fourth-order valence-electron chi connectivity index (χ4n) is 2.59. The highest BCUT2D eigenvalue weighted by molar-refractivity contribution is 5.82. The van der Waals surface area contributed by atoms with Crippen LogP contribution in [0, 0.1) is 5.41 Å². The maximum Gasteiger partial charge on any atom is 0.120 e. The Balaban J connectivity index is 2.09. The third-order valence-corrected chi connectivity index (χ3v) is 4.11. The summed E-state index contributed by atoms with van der Waals surface area (Å²) < 4.78 is 5.22. The van der Waals surface area contributed by atoms with E-state index < -0.39 is 0 Å². The van der Waals surface area contributed by atoms with Gasteiger partial charge in [-0.3, -0.25) is 0 Å². The van der Waals surface area contributed by atoms with Gasteiger partial charge in [-0.05, 0) is 35.4 Å². The van der Waals surface area contributed by atoms with Gasteiger partial charge in [0, 0.05) is 17.3 Å². The van der Waals surface area contributed by atoms with Gasteiger partial charge in [-0.1, -0.05) is 13.8 Å². The van der Waals surface area contributed by atoms with Gasteiger partial charge in [-0.2, -0.15) is 0 Å². The number of methoxy groups -OCH3 is 1. The number of rotatable bonds is 2. The van der Waals surface area contributed by atoms with Crippen molar-refractivity contribution in [3.05, 3.63) is 30.0 Å². The molecule has 1 aromatic heterocycles. The Kier molecular flexibility index (Phi) is 1.91. The summed E-state index contributed by atoms with van der Waals surface area (Å²) in [6, 6.07) is 8.20. The molecule has 0 saturated heterocycles. The Morgan fingerprint density at radius 1 is 1.29 bits per heavy atom. The first-order valence-electron chi connectivity index (χ1n) is 5.92. The fraction of sp³-hybridized carbons (Fsp3) is 0.429. The normalized spacial score (nSPS) is 26.1. The van der Waals surface area contributed by atoms with Crippen LogP contribution in [-0.2, 0) is 5.54 Å². The number of hydrogen-bond donors (Lipinski definition) is 2. The summed E-state index contributed by atoms with van der Waals surface area (Å²) in [6.07, 6.45) is 1.03. The van der Waals surface area contributed by atoms with Gasteiger partial charge < -0.3 is 15.5 Å². The molecule has 1 aliphatic rings. The van der Waals surface area contributed by atoms with Gasteiger partial charge in [0.2, 0.25) is 0 Å². The minimum Gasteiger partial charge on any atom is -0.497 e. The van der Waals surface area contributed by atoms with E-state index >= 15 is 0 Å². The lowest BCUT2D eigenvalue weighted by molar-refractivity contribution is 0.415. The van der Waals surface area contributed by atoms with Crippen LogP contribution in [0.4, 0.5) is 0 Å². The van der Waals surface area contributed by atoms with Crippen LogP contribution in [0.15, 0.2) is 24.3 Å². The van der Waals surface area contributed by atoms with Crippen LogP contribution in [-0.4, -0.2) is 12.1 Å². The molecule has 3 heteroatoms. The Hall–Kier alpha value is -1.48. The number of fused-ring (bicyclic) bond motifs is 1. The van der Waals surface area contributed by atoms with Crippen LogP contribution in [0.5, 0.6) is 5.75 Å². The molecule has 0 amide bonds. The molecular weight excluding hydrogens is 212 g/mol. The van der Waals surface area contributed by atoms with Crippen LogP contribution in [0.25, 0.3) is 10.9 Å². The lowest BCUT2D eigenvalue weighted by Gasteiger charge is -2.12. The largest absolute Gasteiger partial charge is 0.497 e. The standard InChI is InChI=1S/C14H18N2O/c1-13(2)8-14(13,15)12-6-9-4-5-10(17-3)7-11(9)16-12/h4-7,16H,8,15H2,1-3H3. The van der Waals surface area contributed by atoms with E-state index in [2.05, 4.69) is 31.0 Å². The van der Waals surface area contributed by atoms with Crippen molar-refractivity contribution in [1.82, 2.24) is 4.98 Å². The summed E-state index contributed by atoms with van der Waals surface area (Å²) >= 11 is 0. The SMILES string of the molecule is COc1ccc2cc(C3(N)CC3(C)C)[nH]c2c1. The van der Waals surface area contributed by atoms with E-state index in [4.69, 9.17) is 10.5 Å². The van der Waals surface area contributed by atoms with Crippen molar-refractivity contribution in [1.29, 1.82) is 0 Å². The lowest BCUT2D eigenvalue weighted by atomic mass is 10.0. The van der Waals surface area contributed by atoms with Crippen molar-refractivity contribution in [3.63, 3.8) is 0 Å². The molecule has 3 nitrogen and oxygen atoms in total. The highest BCUT2D eigenvalue weighted by Gasteiger charge is 2.60. The molecule has 1 atom stereocenters. The Morgan fingerprint density at radius 2 is 2.00 bits per heavy atom. The van der Waals surface area contributed by atoms with Crippen molar-refractivity contribution in [2.75, 3.05) is 7.11 Å². The van der Waals surface area contributed by atoms with Gasteiger partial charge in [0.1, 0.15) is 5.75 Å². The predicted molar refractivity (Wildman–Crippen MR) is 69.1 cm³/mol. The van der Waals surface area contributed by atoms with Gasteiger partial charge in [-0.25, -0.2) is 0 Å². The van der Waals surface area contributed by atoms with Crippen LogP contribution in [0.3, 0.4) is 0 Å². The molecule has 0 radical (unpaired) electrons. The van der Waals surface area contributed by atoms with Crippen molar-refractivity contribution in [2.24, 2.45) is 11.1 Å². The van der Waals surface area contributed by atoms with Crippen LogP contribution >= 0.6 is 0 Å². The van der Waals surface area contributed by atoms with E-state index in [1.807, 2.05) is 12.1 Å². The number of benzene rings is 1. The molecule has 90 valence electrons. The number of nitrogens with one attached hydrogen (secondary N) is 1. The van der Waals surface area contributed by atoms with Crippen molar-refractivity contribution < 1.29 is 4.74 Å². The van der Waals surface area contributed by atoms with Crippen LogP contribution in [0.1, 0.15) is 26.0 Å². The first-order valence-corrected chi connectivity index (χ1v) is 5.92. The summed E-state index contributed by atoms with van der Waals surface area (Å²) in [6.45, 7) is 4.41. The topological polar surface area (TPSA) is 51.0 Å². The van der Waals surface area contributed by atoms with Gasteiger partial charge in [0.25, 0.3) is 0 Å². The maximum absolute atomic E-state index is 6.42. The molecule has 1 fully saturated rings. The number of ether oxygens (including phenoxy) is 1. The Morgan fingerprint density at radius 3 is 2.59 bits per heavy atom. The van der Waals surface area contributed by atoms with E-state index in [9.17, 15) is 0 Å². The zero-order valence-electron chi connectivity index (χ0n) is 10.5. The van der Waals surface area contributed by atoms with Crippen molar-refractivity contribution >= 4 is 10.9 Å². The molecular formula is C14H18N2O. The Labute approximate surface area is 101 Å². The average Bonchev–Trinajstić information content (AvgIpc) is 2.66. The van der Waals surface area contributed by atoms with Gasteiger partial charge >= 0.3 is 0 Å². The molecule has 1 aromatic carbocycles. The summed E-state index contributed by atoms with van der Waals surface area (Å²) in [4.78, 5) is 3.42. The first kappa shape index (κ1) is 10.7. The molecule has 1 unspecified atom stereocenters. The van der Waals surface area contributed by atoms with E-state index in [0.717, 1.165) is 23.4 Å². The minimum atomic E-state index is -0.195. The van der Waals surface area contributed by atoms with Crippen LogP contribution < -0.4 is 10.5 Å². The van der Waals surface area contributed by atoms with Crippen molar-refractivity contribution in [3.8, 4) is 5.75 Å². The molecule has 3 rings (SSSR count). The van der Waals surface area contributed by atoms with Gasteiger partial charge in [0.05, 0.1) is 12.6 Å². The first-order chi connectivity index (χ1) is 7.96. The molecule has 0 spiro atoms. The van der Waals surface area contributed by atoms with Crippen molar-refractivity contribution in [2.45, 2.75) is 25.8 Å². The number of aromatic nitrogens is 1. The quantitative estimate of drug-likeness (QED) is 0.833. The summed E-state index contributed by atoms with van der Waals surface area (Å²) in [5.41, 5.74) is 8.63. The molecule has 1 heterocycles.